The van der Waals surface area contributed by atoms with Crippen molar-refractivity contribution in [2.45, 2.75) is 51.0 Å². The minimum atomic E-state index is -0.809. The van der Waals surface area contributed by atoms with E-state index in [4.69, 9.17) is 0 Å². The predicted octanol–water partition coefficient (Wildman–Crippen LogP) is 1.19. The molecule has 1 atom stereocenters. The highest BCUT2D eigenvalue weighted by molar-refractivity contribution is 5.78. The SMILES string of the molecule is O=C(NCC1(C(=O)O)CCCCC1)N1CCCC(O)C1. The summed E-state index contributed by atoms with van der Waals surface area (Å²) < 4.78 is 0. The molecule has 2 rings (SSSR count). The Morgan fingerprint density at radius 1 is 1.20 bits per heavy atom. The molecular weight excluding hydrogens is 260 g/mol. The number of carbonyl (C=O) groups is 2. The highest BCUT2D eigenvalue weighted by atomic mass is 16.4. The highest BCUT2D eigenvalue weighted by Gasteiger charge is 2.40. The number of nitrogens with zero attached hydrogens (tertiary/aromatic N) is 1. The van der Waals surface area contributed by atoms with Crippen LogP contribution in [-0.4, -0.2) is 52.9 Å². The maximum atomic E-state index is 12.1. The molecule has 114 valence electrons. The van der Waals surface area contributed by atoms with Crippen LogP contribution in [0.15, 0.2) is 0 Å². The number of carboxylic acids is 1. The first-order valence-corrected chi connectivity index (χ1v) is 7.48. The van der Waals surface area contributed by atoms with Crippen molar-refractivity contribution in [2.24, 2.45) is 5.41 Å². The van der Waals surface area contributed by atoms with Crippen molar-refractivity contribution in [3.8, 4) is 0 Å². The summed E-state index contributed by atoms with van der Waals surface area (Å²) in [5.74, 6) is -0.809. The number of hydrogen-bond acceptors (Lipinski definition) is 3. The van der Waals surface area contributed by atoms with Crippen molar-refractivity contribution < 1.29 is 19.8 Å². The van der Waals surface area contributed by atoms with Crippen LogP contribution in [0.4, 0.5) is 4.79 Å². The molecule has 0 aromatic rings. The fourth-order valence-corrected chi connectivity index (χ4v) is 3.19. The molecule has 1 aliphatic heterocycles. The average Bonchev–Trinajstić information content (AvgIpc) is 2.45. The summed E-state index contributed by atoms with van der Waals surface area (Å²) in [6, 6.07) is -0.255. The van der Waals surface area contributed by atoms with Crippen LogP contribution in [0.25, 0.3) is 0 Å². The number of aliphatic carboxylic acids is 1. The van der Waals surface area contributed by atoms with Gasteiger partial charge in [-0.1, -0.05) is 19.3 Å². The van der Waals surface area contributed by atoms with Gasteiger partial charge >= 0.3 is 12.0 Å². The van der Waals surface area contributed by atoms with Gasteiger partial charge in [0.1, 0.15) is 0 Å². The highest BCUT2D eigenvalue weighted by Crippen LogP contribution is 2.36. The van der Waals surface area contributed by atoms with E-state index in [1.165, 1.54) is 0 Å². The Hall–Kier alpha value is -1.30. The second-order valence-electron chi connectivity index (χ2n) is 6.05. The lowest BCUT2D eigenvalue weighted by Crippen LogP contribution is -2.51. The van der Waals surface area contributed by atoms with Crippen LogP contribution in [-0.2, 0) is 4.79 Å². The van der Waals surface area contributed by atoms with E-state index in [1.54, 1.807) is 4.90 Å². The number of nitrogens with one attached hydrogen (secondary N) is 1. The molecule has 2 amide bonds. The lowest BCUT2D eigenvalue weighted by Gasteiger charge is -2.35. The molecule has 20 heavy (non-hydrogen) atoms. The average molecular weight is 284 g/mol. The number of aliphatic hydroxyl groups is 1. The van der Waals surface area contributed by atoms with Crippen molar-refractivity contribution in [1.29, 1.82) is 0 Å². The lowest BCUT2D eigenvalue weighted by molar-refractivity contribution is -0.150. The van der Waals surface area contributed by atoms with Crippen LogP contribution in [0.5, 0.6) is 0 Å². The normalized spacial score (nSPS) is 26.1. The minimum Gasteiger partial charge on any atom is -0.481 e. The molecular formula is C14H24N2O4. The Balaban J connectivity index is 1.88. The molecule has 1 unspecified atom stereocenters. The number of hydrogen-bond donors (Lipinski definition) is 3. The first-order valence-electron chi connectivity index (χ1n) is 7.48. The van der Waals surface area contributed by atoms with E-state index in [2.05, 4.69) is 5.32 Å². The largest absolute Gasteiger partial charge is 0.481 e. The third-order valence-electron chi connectivity index (χ3n) is 4.53. The number of amides is 2. The predicted molar refractivity (Wildman–Crippen MR) is 73.4 cm³/mol. The van der Waals surface area contributed by atoms with Crippen molar-refractivity contribution in [3.05, 3.63) is 0 Å². The number of rotatable bonds is 3. The van der Waals surface area contributed by atoms with Crippen LogP contribution >= 0.6 is 0 Å². The minimum absolute atomic E-state index is 0.188. The molecule has 1 heterocycles. The monoisotopic (exact) mass is 284 g/mol. The molecule has 0 spiro atoms. The standard InChI is InChI=1S/C14H24N2O4/c17-11-5-4-8-16(9-11)13(20)15-10-14(12(18)19)6-2-1-3-7-14/h11,17H,1-10H2,(H,15,20)(H,18,19). The number of urea groups is 1. The Bertz CT molecular complexity index is 366. The summed E-state index contributed by atoms with van der Waals surface area (Å²) in [6.45, 7) is 1.16. The zero-order chi connectivity index (χ0) is 14.6. The molecule has 2 fully saturated rings. The third kappa shape index (κ3) is 3.42. The maximum absolute atomic E-state index is 12.1. The Morgan fingerprint density at radius 3 is 2.50 bits per heavy atom. The van der Waals surface area contributed by atoms with Crippen molar-refractivity contribution in [2.75, 3.05) is 19.6 Å². The zero-order valence-electron chi connectivity index (χ0n) is 11.8. The van der Waals surface area contributed by atoms with E-state index in [0.717, 1.165) is 32.1 Å². The molecule has 1 saturated carbocycles. The van der Waals surface area contributed by atoms with Crippen LogP contribution < -0.4 is 5.32 Å². The quantitative estimate of drug-likeness (QED) is 0.726. The van der Waals surface area contributed by atoms with Crippen LogP contribution in [0.1, 0.15) is 44.9 Å². The van der Waals surface area contributed by atoms with Gasteiger partial charge < -0.3 is 20.4 Å². The smallest absolute Gasteiger partial charge is 0.317 e. The number of aliphatic hydroxyl groups excluding tert-OH is 1. The van der Waals surface area contributed by atoms with E-state index in [1.807, 2.05) is 0 Å². The molecule has 6 nitrogen and oxygen atoms in total. The summed E-state index contributed by atoms with van der Waals surface area (Å²) >= 11 is 0. The molecule has 1 saturated heterocycles. The van der Waals surface area contributed by atoms with Crippen LogP contribution in [0.3, 0.4) is 0 Å². The maximum Gasteiger partial charge on any atom is 0.317 e. The second-order valence-corrected chi connectivity index (χ2v) is 6.05. The number of carbonyl (C=O) groups excluding carboxylic acids is 1. The topological polar surface area (TPSA) is 89.9 Å². The molecule has 3 N–H and O–H groups in total. The molecule has 0 radical (unpaired) electrons. The molecule has 6 heteroatoms. The van der Waals surface area contributed by atoms with Crippen molar-refractivity contribution in [1.82, 2.24) is 10.2 Å². The molecule has 0 aromatic heterocycles. The van der Waals surface area contributed by atoms with Crippen LogP contribution in [0, 0.1) is 5.41 Å². The van der Waals surface area contributed by atoms with Gasteiger partial charge in [0.2, 0.25) is 0 Å². The van der Waals surface area contributed by atoms with E-state index >= 15 is 0 Å². The molecule has 2 aliphatic rings. The fourth-order valence-electron chi connectivity index (χ4n) is 3.19. The third-order valence-corrected chi connectivity index (χ3v) is 4.53. The zero-order valence-corrected chi connectivity index (χ0v) is 11.8. The Kier molecular flexibility index (Phi) is 4.86. The van der Waals surface area contributed by atoms with Crippen molar-refractivity contribution >= 4 is 12.0 Å². The number of carboxylic acid groups (broad SMARTS) is 1. The van der Waals surface area contributed by atoms with Gasteiger partial charge in [-0.05, 0) is 25.7 Å². The van der Waals surface area contributed by atoms with Crippen molar-refractivity contribution in [3.63, 3.8) is 0 Å². The van der Waals surface area contributed by atoms with E-state index in [9.17, 15) is 19.8 Å². The number of β-amino-alcohol motifs (C(OH)–C–C–N with tert-alkyl or cyclic N) is 1. The summed E-state index contributed by atoms with van der Waals surface area (Å²) in [5.41, 5.74) is -0.803. The van der Waals surface area contributed by atoms with Gasteiger partial charge in [0.15, 0.2) is 0 Å². The second kappa shape index (κ2) is 6.43. The summed E-state index contributed by atoms with van der Waals surface area (Å²) in [4.78, 5) is 25.2. The van der Waals surface area contributed by atoms with Gasteiger partial charge in [0.05, 0.1) is 11.5 Å². The van der Waals surface area contributed by atoms with Gasteiger partial charge in [0.25, 0.3) is 0 Å². The Morgan fingerprint density at radius 2 is 1.90 bits per heavy atom. The van der Waals surface area contributed by atoms with Crippen LogP contribution in [0.2, 0.25) is 0 Å². The van der Waals surface area contributed by atoms with Gasteiger partial charge in [-0.2, -0.15) is 0 Å². The summed E-state index contributed by atoms with van der Waals surface area (Å²) in [6.07, 6.45) is 5.20. The number of likely N-dealkylation sites (tertiary alicyclic amines) is 1. The Labute approximate surface area is 119 Å². The van der Waals surface area contributed by atoms with E-state index < -0.39 is 17.5 Å². The molecule has 0 aromatic carbocycles. The summed E-state index contributed by atoms with van der Waals surface area (Å²) in [7, 11) is 0. The van der Waals surface area contributed by atoms with Gasteiger partial charge in [-0.3, -0.25) is 4.79 Å². The van der Waals surface area contributed by atoms with Gasteiger partial charge in [-0.25, -0.2) is 4.79 Å². The fraction of sp³-hybridized carbons (Fsp3) is 0.857. The van der Waals surface area contributed by atoms with E-state index in [-0.39, 0.29) is 12.6 Å². The van der Waals surface area contributed by atoms with E-state index in [0.29, 0.717) is 25.9 Å². The molecule has 1 aliphatic carbocycles. The van der Waals surface area contributed by atoms with Gasteiger partial charge in [0, 0.05) is 19.6 Å². The summed E-state index contributed by atoms with van der Waals surface area (Å²) in [5, 5.41) is 21.8. The lowest BCUT2D eigenvalue weighted by atomic mass is 9.74. The first-order chi connectivity index (χ1) is 9.53. The number of piperidine rings is 1. The first kappa shape index (κ1) is 15.1. The molecule has 0 bridgehead atoms. The van der Waals surface area contributed by atoms with Gasteiger partial charge in [-0.15, -0.1) is 0 Å².